The molecule has 0 bridgehead atoms. The van der Waals surface area contributed by atoms with E-state index in [4.69, 9.17) is 11.6 Å². The average molecular weight is 327 g/mol. The zero-order valence-electron chi connectivity index (χ0n) is 12.2. The van der Waals surface area contributed by atoms with E-state index in [0.29, 0.717) is 5.88 Å². The Hall–Kier alpha value is -0.970. The summed E-state index contributed by atoms with van der Waals surface area (Å²) in [5, 5.41) is 3.19. The summed E-state index contributed by atoms with van der Waals surface area (Å²) in [6.45, 7) is 1.79. The molecule has 2 nitrogen and oxygen atoms in total. The standard InChI is InChI=1S/C16H20ClFN2S/c1-20(11-13-5-4-6-14(18)9-13)8-3-2-7-16-19-15(10-17)12-21-16/h4-6,9,12H,2-3,7-8,10-11H2,1H3. The Kier molecular flexibility index (Phi) is 6.61. The Labute approximate surface area is 134 Å². The summed E-state index contributed by atoms with van der Waals surface area (Å²) in [6.07, 6.45) is 3.24. The molecule has 5 heteroatoms. The lowest BCUT2D eigenvalue weighted by atomic mass is 10.2. The Bertz CT molecular complexity index is 559. The van der Waals surface area contributed by atoms with Gasteiger partial charge in [-0.15, -0.1) is 22.9 Å². The van der Waals surface area contributed by atoms with Gasteiger partial charge >= 0.3 is 0 Å². The van der Waals surface area contributed by atoms with Crippen LogP contribution in [0, 0.1) is 5.82 Å². The molecule has 0 unspecified atom stereocenters. The summed E-state index contributed by atoms with van der Waals surface area (Å²) in [5.41, 5.74) is 1.99. The minimum atomic E-state index is -0.167. The number of aromatic nitrogens is 1. The molecule has 1 aromatic heterocycles. The maximum Gasteiger partial charge on any atom is 0.123 e. The van der Waals surface area contributed by atoms with Crippen molar-refractivity contribution in [3.05, 3.63) is 51.7 Å². The largest absolute Gasteiger partial charge is 0.302 e. The number of unbranched alkanes of at least 4 members (excludes halogenated alkanes) is 1. The van der Waals surface area contributed by atoms with Gasteiger partial charge in [0.1, 0.15) is 5.82 Å². The highest BCUT2D eigenvalue weighted by molar-refractivity contribution is 7.09. The number of hydrogen-bond acceptors (Lipinski definition) is 3. The molecule has 0 fully saturated rings. The molecule has 0 N–H and O–H groups in total. The summed E-state index contributed by atoms with van der Waals surface area (Å²) in [5.74, 6) is 0.326. The van der Waals surface area contributed by atoms with Crippen LogP contribution in [0.15, 0.2) is 29.6 Å². The van der Waals surface area contributed by atoms with Gasteiger partial charge in [0.05, 0.1) is 16.6 Å². The summed E-state index contributed by atoms with van der Waals surface area (Å²) >= 11 is 7.43. The van der Waals surface area contributed by atoms with Crippen molar-refractivity contribution >= 4 is 22.9 Å². The Morgan fingerprint density at radius 1 is 1.33 bits per heavy atom. The van der Waals surface area contributed by atoms with Gasteiger partial charge in [-0.05, 0) is 50.6 Å². The Balaban J connectivity index is 1.66. The first kappa shape index (κ1) is 16.4. The zero-order valence-corrected chi connectivity index (χ0v) is 13.8. The molecule has 0 atom stereocenters. The Morgan fingerprint density at radius 3 is 2.90 bits per heavy atom. The fourth-order valence-electron chi connectivity index (χ4n) is 2.21. The zero-order chi connectivity index (χ0) is 15.1. The van der Waals surface area contributed by atoms with Gasteiger partial charge in [0, 0.05) is 11.9 Å². The number of alkyl halides is 1. The normalized spacial score (nSPS) is 11.2. The van der Waals surface area contributed by atoms with Crippen molar-refractivity contribution in [1.82, 2.24) is 9.88 Å². The smallest absolute Gasteiger partial charge is 0.123 e. The highest BCUT2D eigenvalue weighted by Gasteiger charge is 2.03. The molecule has 0 amide bonds. The van der Waals surface area contributed by atoms with Crippen molar-refractivity contribution in [3.63, 3.8) is 0 Å². The third-order valence-electron chi connectivity index (χ3n) is 3.26. The van der Waals surface area contributed by atoms with Gasteiger partial charge in [0.25, 0.3) is 0 Å². The van der Waals surface area contributed by atoms with Crippen LogP contribution >= 0.6 is 22.9 Å². The molecule has 1 heterocycles. The predicted molar refractivity (Wildman–Crippen MR) is 87.3 cm³/mol. The van der Waals surface area contributed by atoms with E-state index in [1.165, 1.54) is 11.1 Å². The first-order valence-electron chi connectivity index (χ1n) is 7.09. The molecule has 21 heavy (non-hydrogen) atoms. The number of halogens is 2. The van der Waals surface area contributed by atoms with Crippen molar-refractivity contribution in [2.24, 2.45) is 0 Å². The van der Waals surface area contributed by atoms with Crippen LogP contribution in [0.1, 0.15) is 29.1 Å². The van der Waals surface area contributed by atoms with E-state index >= 15 is 0 Å². The first-order valence-corrected chi connectivity index (χ1v) is 8.51. The minimum Gasteiger partial charge on any atom is -0.302 e. The Morgan fingerprint density at radius 2 is 2.19 bits per heavy atom. The van der Waals surface area contributed by atoms with Gasteiger partial charge in [-0.1, -0.05) is 12.1 Å². The van der Waals surface area contributed by atoms with Crippen LogP contribution in [0.2, 0.25) is 0 Å². The highest BCUT2D eigenvalue weighted by Crippen LogP contribution is 2.14. The predicted octanol–water partition coefficient (Wildman–Crippen LogP) is 4.48. The molecule has 0 aliphatic heterocycles. The fourth-order valence-corrected chi connectivity index (χ4v) is 3.28. The van der Waals surface area contributed by atoms with Crippen LogP contribution in [-0.4, -0.2) is 23.5 Å². The second kappa shape index (κ2) is 8.47. The minimum absolute atomic E-state index is 0.167. The molecule has 0 aliphatic rings. The van der Waals surface area contributed by atoms with Crippen molar-refractivity contribution in [2.45, 2.75) is 31.7 Å². The van der Waals surface area contributed by atoms with Crippen molar-refractivity contribution in [3.8, 4) is 0 Å². The molecule has 2 rings (SSSR count). The van der Waals surface area contributed by atoms with E-state index in [1.807, 2.05) is 11.4 Å². The average Bonchev–Trinajstić information content (AvgIpc) is 2.91. The van der Waals surface area contributed by atoms with Crippen molar-refractivity contribution in [1.29, 1.82) is 0 Å². The van der Waals surface area contributed by atoms with E-state index < -0.39 is 0 Å². The fraction of sp³-hybridized carbons (Fsp3) is 0.438. The number of benzene rings is 1. The molecule has 0 saturated heterocycles. The lowest BCUT2D eigenvalue weighted by Crippen LogP contribution is -2.19. The topological polar surface area (TPSA) is 16.1 Å². The monoisotopic (exact) mass is 326 g/mol. The summed E-state index contributed by atoms with van der Waals surface area (Å²) in [4.78, 5) is 6.68. The lowest BCUT2D eigenvalue weighted by Gasteiger charge is -2.16. The SMILES string of the molecule is CN(CCCCc1nc(CCl)cs1)Cc1cccc(F)c1. The number of thiazole rings is 1. The van der Waals surface area contributed by atoms with Gasteiger partial charge in [-0.2, -0.15) is 0 Å². The van der Waals surface area contributed by atoms with Gasteiger partial charge in [-0.3, -0.25) is 0 Å². The number of hydrogen-bond donors (Lipinski definition) is 0. The summed E-state index contributed by atoms with van der Waals surface area (Å²) in [6, 6.07) is 6.80. The van der Waals surface area contributed by atoms with Gasteiger partial charge < -0.3 is 4.90 Å². The van der Waals surface area contributed by atoms with Crippen LogP contribution in [0.3, 0.4) is 0 Å². The summed E-state index contributed by atoms with van der Waals surface area (Å²) in [7, 11) is 2.07. The van der Waals surface area contributed by atoms with Crippen molar-refractivity contribution < 1.29 is 4.39 Å². The molecule has 0 spiro atoms. The van der Waals surface area contributed by atoms with Gasteiger partial charge in [-0.25, -0.2) is 9.37 Å². The molecule has 1 aromatic carbocycles. The number of nitrogens with zero attached hydrogens (tertiary/aromatic N) is 2. The second-order valence-corrected chi connectivity index (χ2v) is 6.40. The van der Waals surface area contributed by atoms with E-state index in [1.54, 1.807) is 23.5 Å². The lowest BCUT2D eigenvalue weighted by molar-refractivity contribution is 0.318. The second-order valence-electron chi connectivity index (χ2n) is 5.19. The van der Waals surface area contributed by atoms with Crippen LogP contribution in [0.5, 0.6) is 0 Å². The van der Waals surface area contributed by atoms with Crippen LogP contribution < -0.4 is 0 Å². The molecular weight excluding hydrogens is 307 g/mol. The molecular formula is C16H20ClFN2S. The third-order valence-corrected chi connectivity index (χ3v) is 4.49. The number of rotatable bonds is 8. The van der Waals surface area contributed by atoms with E-state index in [-0.39, 0.29) is 5.82 Å². The maximum atomic E-state index is 13.1. The van der Waals surface area contributed by atoms with E-state index in [0.717, 1.165) is 43.6 Å². The molecule has 0 radical (unpaired) electrons. The van der Waals surface area contributed by atoms with Crippen LogP contribution in [-0.2, 0) is 18.8 Å². The molecule has 114 valence electrons. The van der Waals surface area contributed by atoms with Crippen LogP contribution in [0.4, 0.5) is 4.39 Å². The number of aryl methyl sites for hydroxylation is 1. The molecule has 2 aromatic rings. The highest BCUT2D eigenvalue weighted by atomic mass is 35.5. The third kappa shape index (κ3) is 5.73. The summed E-state index contributed by atoms with van der Waals surface area (Å²) < 4.78 is 13.1. The van der Waals surface area contributed by atoms with E-state index in [2.05, 4.69) is 16.9 Å². The first-order chi connectivity index (χ1) is 10.2. The molecule has 0 saturated carbocycles. The van der Waals surface area contributed by atoms with Crippen LogP contribution in [0.25, 0.3) is 0 Å². The van der Waals surface area contributed by atoms with Gasteiger partial charge in [0.15, 0.2) is 0 Å². The maximum absolute atomic E-state index is 13.1. The van der Waals surface area contributed by atoms with Crippen molar-refractivity contribution in [2.75, 3.05) is 13.6 Å². The molecule has 0 aliphatic carbocycles. The van der Waals surface area contributed by atoms with E-state index in [9.17, 15) is 4.39 Å². The quantitative estimate of drug-likeness (QED) is 0.525. The van der Waals surface area contributed by atoms with Gasteiger partial charge in [0.2, 0.25) is 0 Å².